The average molecular weight is 293 g/mol. The molecule has 0 aliphatic rings. The third-order valence-corrected chi connectivity index (χ3v) is 5.22. The van der Waals surface area contributed by atoms with E-state index in [1.54, 1.807) is 0 Å². The summed E-state index contributed by atoms with van der Waals surface area (Å²) in [6.45, 7) is 7.44. The molecule has 92 valence electrons. The van der Waals surface area contributed by atoms with Crippen molar-refractivity contribution in [2.75, 3.05) is 5.33 Å². The average Bonchev–Trinajstić information content (AvgIpc) is 2.14. The van der Waals surface area contributed by atoms with E-state index in [1.165, 1.54) is 62.7 Å². The summed E-state index contributed by atoms with van der Waals surface area (Å²) in [7, 11) is -0.749. The summed E-state index contributed by atoms with van der Waals surface area (Å²) in [5.41, 5.74) is 0. The zero-order valence-corrected chi connectivity index (χ0v) is 13.5. The lowest BCUT2D eigenvalue weighted by Crippen LogP contribution is -2.18. The first kappa shape index (κ1) is 15.7. The van der Waals surface area contributed by atoms with Gasteiger partial charge in [0.1, 0.15) is 0 Å². The Labute approximate surface area is 106 Å². The maximum absolute atomic E-state index is 3.48. The van der Waals surface area contributed by atoms with Crippen LogP contribution in [0.15, 0.2) is 0 Å². The van der Waals surface area contributed by atoms with Crippen molar-refractivity contribution in [2.45, 2.75) is 77.1 Å². The maximum atomic E-state index is 3.48. The van der Waals surface area contributed by atoms with Gasteiger partial charge in [-0.15, -0.1) is 0 Å². The molecule has 2 heteroatoms. The Morgan fingerprint density at radius 1 is 0.667 bits per heavy atom. The molecule has 0 saturated carbocycles. The summed E-state index contributed by atoms with van der Waals surface area (Å²) in [5, 5.41) is 1.18. The Balaban J connectivity index is 2.99. The molecule has 0 nitrogen and oxygen atoms in total. The Morgan fingerprint density at radius 2 is 1.07 bits per heavy atom. The summed E-state index contributed by atoms with van der Waals surface area (Å²) in [6.07, 6.45) is 11.6. The fraction of sp³-hybridized carbons (Fsp3) is 1.00. The SMILES string of the molecule is C[Si](C)(C)CCCCCCCCCCBr. The molecule has 0 aromatic rings. The molecule has 0 bridgehead atoms. The van der Waals surface area contributed by atoms with Gasteiger partial charge in [0.05, 0.1) is 0 Å². The fourth-order valence-corrected chi connectivity index (χ4v) is 3.52. The summed E-state index contributed by atoms with van der Waals surface area (Å²) < 4.78 is 0. The van der Waals surface area contributed by atoms with Crippen molar-refractivity contribution in [3.63, 3.8) is 0 Å². The first-order chi connectivity index (χ1) is 7.06. The highest BCUT2D eigenvalue weighted by atomic mass is 79.9. The molecule has 0 saturated heterocycles. The van der Waals surface area contributed by atoms with E-state index < -0.39 is 8.07 Å². The lowest BCUT2D eigenvalue weighted by molar-refractivity contribution is 0.585. The van der Waals surface area contributed by atoms with E-state index in [-0.39, 0.29) is 0 Å². The molecular formula is C13H29BrSi. The predicted octanol–water partition coefficient (Wildman–Crippen LogP) is 5.84. The quantitative estimate of drug-likeness (QED) is 0.269. The third kappa shape index (κ3) is 14.7. The molecule has 0 aromatic heterocycles. The second kappa shape index (κ2) is 9.89. The normalized spacial score (nSPS) is 12.0. The molecule has 0 N–H and O–H groups in total. The van der Waals surface area contributed by atoms with E-state index in [1.807, 2.05) is 0 Å². The van der Waals surface area contributed by atoms with Gasteiger partial charge in [0.2, 0.25) is 0 Å². The van der Waals surface area contributed by atoms with Crippen LogP contribution in [0.5, 0.6) is 0 Å². The van der Waals surface area contributed by atoms with Crippen molar-refractivity contribution >= 4 is 24.0 Å². The molecule has 0 aliphatic carbocycles. The largest absolute Gasteiger partial charge is 0.0928 e. The van der Waals surface area contributed by atoms with Crippen LogP contribution in [0.1, 0.15) is 51.4 Å². The van der Waals surface area contributed by atoms with Crippen molar-refractivity contribution in [3.05, 3.63) is 0 Å². The van der Waals surface area contributed by atoms with Crippen LogP contribution < -0.4 is 0 Å². The van der Waals surface area contributed by atoms with Gasteiger partial charge in [-0.25, -0.2) is 0 Å². The van der Waals surface area contributed by atoms with Crippen LogP contribution in [-0.4, -0.2) is 13.4 Å². The van der Waals surface area contributed by atoms with Crippen LogP contribution in [0.25, 0.3) is 0 Å². The number of unbranched alkanes of at least 4 members (excludes halogenated alkanes) is 7. The highest BCUT2D eigenvalue weighted by molar-refractivity contribution is 9.09. The third-order valence-electron chi connectivity index (χ3n) is 2.81. The van der Waals surface area contributed by atoms with E-state index in [4.69, 9.17) is 0 Å². The zero-order chi connectivity index (χ0) is 11.6. The highest BCUT2D eigenvalue weighted by Crippen LogP contribution is 2.15. The second-order valence-corrected chi connectivity index (χ2v) is 12.2. The van der Waals surface area contributed by atoms with Gasteiger partial charge >= 0.3 is 0 Å². The molecule has 0 amide bonds. The topological polar surface area (TPSA) is 0 Å². The molecule has 0 spiro atoms. The standard InChI is InChI=1S/C13H29BrSi/c1-15(2,3)13-11-9-7-5-4-6-8-10-12-14/h4-13H2,1-3H3. The van der Waals surface area contributed by atoms with Crippen molar-refractivity contribution in [3.8, 4) is 0 Å². The molecule has 0 heterocycles. The lowest BCUT2D eigenvalue weighted by Gasteiger charge is -2.14. The number of hydrogen-bond donors (Lipinski definition) is 0. The molecular weight excluding hydrogens is 264 g/mol. The van der Waals surface area contributed by atoms with Crippen LogP contribution in [0.4, 0.5) is 0 Å². The number of rotatable bonds is 10. The summed E-state index contributed by atoms with van der Waals surface area (Å²) in [6, 6.07) is 1.52. The van der Waals surface area contributed by atoms with E-state index in [0.29, 0.717) is 0 Å². The van der Waals surface area contributed by atoms with Crippen molar-refractivity contribution in [1.82, 2.24) is 0 Å². The van der Waals surface area contributed by atoms with Crippen LogP contribution in [0.3, 0.4) is 0 Å². The molecule has 0 radical (unpaired) electrons. The van der Waals surface area contributed by atoms with Gasteiger partial charge in [0.15, 0.2) is 0 Å². The van der Waals surface area contributed by atoms with Crippen LogP contribution in [0.2, 0.25) is 25.7 Å². The Hall–Kier alpha value is 0.697. The zero-order valence-electron chi connectivity index (χ0n) is 10.9. The van der Waals surface area contributed by atoms with Crippen molar-refractivity contribution in [1.29, 1.82) is 0 Å². The Morgan fingerprint density at radius 3 is 1.47 bits per heavy atom. The first-order valence-corrected chi connectivity index (χ1v) is 11.4. The molecule has 15 heavy (non-hydrogen) atoms. The lowest BCUT2D eigenvalue weighted by atomic mass is 10.1. The van der Waals surface area contributed by atoms with Gasteiger partial charge < -0.3 is 0 Å². The molecule has 0 fully saturated rings. The van der Waals surface area contributed by atoms with Crippen molar-refractivity contribution < 1.29 is 0 Å². The van der Waals surface area contributed by atoms with Gasteiger partial charge in [0, 0.05) is 13.4 Å². The van der Waals surface area contributed by atoms with Gasteiger partial charge in [-0.05, 0) is 6.42 Å². The number of halogens is 1. The van der Waals surface area contributed by atoms with Gasteiger partial charge in [0.25, 0.3) is 0 Å². The Bertz CT molecular complexity index is 129. The van der Waals surface area contributed by atoms with E-state index in [9.17, 15) is 0 Å². The molecule has 0 unspecified atom stereocenters. The van der Waals surface area contributed by atoms with Gasteiger partial charge in [-0.3, -0.25) is 0 Å². The minimum absolute atomic E-state index is 0.749. The van der Waals surface area contributed by atoms with Gasteiger partial charge in [-0.2, -0.15) is 0 Å². The fourth-order valence-electron chi connectivity index (χ4n) is 1.81. The van der Waals surface area contributed by atoms with Gasteiger partial charge in [-0.1, -0.05) is 86.6 Å². The van der Waals surface area contributed by atoms with Crippen LogP contribution >= 0.6 is 15.9 Å². The highest BCUT2D eigenvalue weighted by Gasteiger charge is 2.11. The minimum atomic E-state index is -0.749. The van der Waals surface area contributed by atoms with E-state index in [2.05, 4.69) is 35.6 Å². The molecule has 0 aromatic carbocycles. The summed E-state index contributed by atoms with van der Waals surface area (Å²) in [5.74, 6) is 0. The van der Waals surface area contributed by atoms with Crippen LogP contribution in [0, 0.1) is 0 Å². The van der Waals surface area contributed by atoms with Crippen molar-refractivity contribution in [2.24, 2.45) is 0 Å². The number of hydrogen-bond acceptors (Lipinski definition) is 0. The summed E-state index contributed by atoms with van der Waals surface area (Å²) >= 11 is 3.48. The Kier molecular flexibility index (Phi) is 10.3. The smallest absolute Gasteiger partial charge is 0.0442 e. The maximum Gasteiger partial charge on any atom is 0.0442 e. The monoisotopic (exact) mass is 292 g/mol. The summed E-state index contributed by atoms with van der Waals surface area (Å²) in [4.78, 5) is 0. The first-order valence-electron chi connectivity index (χ1n) is 6.62. The predicted molar refractivity (Wildman–Crippen MR) is 78.9 cm³/mol. The van der Waals surface area contributed by atoms with Crippen LogP contribution in [-0.2, 0) is 0 Å². The molecule has 0 aliphatic heterocycles. The molecule has 0 atom stereocenters. The molecule has 0 rings (SSSR count). The second-order valence-electron chi connectivity index (χ2n) is 5.83. The minimum Gasteiger partial charge on any atom is -0.0928 e. The number of alkyl halides is 1. The van der Waals surface area contributed by atoms with E-state index in [0.717, 1.165) is 0 Å². The van der Waals surface area contributed by atoms with E-state index >= 15 is 0 Å².